The Labute approximate surface area is 108 Å². The minimum Gasteiger partial charge on any atom is -0.504 e. The molecule has 0 amide bonds. The van der Waals surface area contributed by atoms with Gasteiger partial charge in [0, 0.05) is 5.56 Å². The average Bonchev–Trinajstić information content (AvgIpc) is 2.40. The molecule has 0 saturated carbocycles. The van der Waals surface area contributed by atoms with Crippen LogP contribution in [-0.2, 0) is 6.42 Å². The summed E-state index contributed by atoms with van der Waals surface area (Å²) in [7, 11) is 1.56. The Hall–Kier alpha value is -1.96. The number of ether oxygens (including phenoxy) is 1. The smallest absolute Gasteiger partial charge is 0.165 e. The zero-order chi connectivity index (χ0) is 13.0. The summed E-state index contributed by atoms with van der Waals surface area (Å²) in [5.74, 6) is 0.710. The number of phenols is 1. The molecule has 2 rings (SSSR count). The zero-order valence-electron chi connectivity index (χ0n) is 10.8. The molecule has 0 aliphatic carbocycles. The first-order valence-corrected chi connectivity index (χ1v) is 6.21. The standard InChI is InChI=1S/C16H18O2/c1-3-6-12-7-4-8-13(11-12)14-9-5-10-15(18-2)16(14)17/h4-5,7-11,17H,3,6H2,1-2H3. The molecule has 0 heterocycles. The highest BCUT2D eigenvalue weighted by Gasteiger charge is 2.09. The molecule has 2 heteroatoms. The minimum atomic E-state index is 0.202. The highest BCUT2D eigenvalue weighted by molar-refractivity contribution is 5.73. The predicted octanol–water partition coefficient (Wildman–Crippen LogP) is 4.02. The molecule has 0 aromatic heterocycles. The van der Waals surface area contributed by atoms with Crippen molar-refractivity contribution in [2.24, 2.45) is 0 Å². The van der Waals surface area contributed by atoms with Gasteiger partial charge in [0.2, 0.25) is 0 Å². The van der Waals surface area contributed by atoms with Gasteiger partial charge >= 0.3 is 0 Å². The Morgan fingerprint density at radius 1 is 1.11 bits per heavy atom. The number of rotatable bonds is 4. The van der Waals surface area contributed by atoms with Crippen LogP contribution in [0.15, 0.2) is 42.5 Å². The van der Waals surface area contributed by atoms with Gasteiger partial charge in [-0.05, 0) is 23.6 Å². The number of aromatic hydroxyl groups is 1. The molecular formula is C16H18O2. The van der Waals surface area contributed by atoms with E-state index in [4.69, 9.17) is 4.74 Å². The number of hydrogen-bond donors (Lipinski definition) is 1. The fourth-order valence-electron chi connectivity index (χ4n) is 2.10. The summed E-state index contributed by atoms with van der Waals surface area (Å²) in [6, 6.07) is 13.8. The van der Waals surface area contributed by atoms with Crippen molar-refractivity contribution >= 4 is 0 Å². The van der Waals surface area contributed by atoms with E-state index < -0.39 is 0 Å². The molecule has 2 aromatic carbocycles. The summed E-state index contributed by atoms with van der Waals surface area (Å²) in [6.45, 7) is 2.16. The molecule has 0 aliphatic heterocycles. The van der Waals surface area contributed by atoms with E-state index in [0.717, 1.165) is 24.0 Å². The van der Waals surface area contributed by atoms with E-state index in [2.05, 4.69) is 19.1 Å². The van der Waals surface area contributed by atoms with Crippen LogP contribution in [0.1, 0.15) is 18.9 Å². The molecule has 0 atom stereocenters. The SMILES string of the molecule is CCCc1cccc(-c2cccc(OC)c2O)c1. The summed E-state index contributed by atoms with van der Waals surface area (Å²) < 4.78 is 5.13. The number of aryl methyl sites for hydroxylation is 1. The summed E-state index contributed by atoms with van der Waals surface area (Å²) >= 11 is 0. The third kappa shape index (κ3) is 2.48. The first-order valence-electron chi connectivity index (χ1n) is 6.21. The highest BCUT2D eigenvalue weighted by atomic mass is 16.5. The first-order chi connectivity index (χ1) is 8.76. The molecule has 2 aromatic rings. The van der Waals surface area contributed by atoms with Crippen LogP contribution in [0, 0.1) is 0 Å². The third-order valence-electron chi connectivity index (χ3n) is 3.00. The maximum absolute atomic E-state index is 10.1. The average molecular weight is 242 g/mol. The largest absolute Gasteiger partial charge is 0.504 e. The maximum Gasteiger partial charge on any atom is 0.165 e. The second-order valence-corrected chi connectivity index (χ2v) is 4.31. The predicted molar refractivity (Wildman–Crippen MR) is 74.1 cm³/mol. The lowest BCUT2D eigenvalue weighted by Gasteiger charge is -2.10. The number of hydrogen-bond acceptors (Lipinski definition) is 2. The van der Waals surface area contributed by atoms with Crippen LogP contribution in [0.3, 0.4) is 0 Å². The van der Waals surface area contributed by atoms with E-state index >= 15 is 0 Å². The van der Waals surface area contributed by atoms with Crippen LogP contribution in [0.5, 0.6) is 11.5 Å². The lowest BCUT2D eigenvalue weighted by Crippen LogP contribution is -1.88. The molecule has 94 valence electrons. The van der Waals surface area contributed by atoms with E-state index in [1.165, 1.54) is 5.56 Å². The van der Waals surface area contributed by atoms with Crippen molar-refractivity contribution in [1.29, 1.82) is 0 Å². The lowest BCUT2D eigenvalue weighted by atomic mass is 10.00. The number of phenolic OH excluding ortho intramolecular Hbond substituents is 1. The molecule has 18 heavy (non-hydrogen) atoms. The van der Waals surface area contributed by atoms with Crippen LogP contribution < -0.4 is 4.74 Å². The molecule has 0 saturated heterocycles. The summed E-state index contributed by atoms with van der Waals surface area (Å²) in [6.07, 6.45) is 2.17. The highest BCUT2D eigenvalue weighted by Crippen LogP contribution is 2.36. The molecule has 0 unspecified atom stereocenters. The van der Waals surface area contributed by atoms with Crippen molar-refractivity contribution in [1.82, 2.24) is 0 Å². The van der Waals surface area contributed by atoms with Crippen LogP contribution in [0.2, 0.25) is 0 Å². The van der Waals surface area contributed by atoms with E-state index in [-0.39, 0.29) is 5.75 Å². The van der Waals surface area contributed by atoms with Crippen molar-refractivity contribution in [3.8, 4) is 22.6 Å². The Kier molecular flexibility index (Phi) is 3.88. The Morgan fingerprint density at radius 2 is 1.89 bits per heavy atom. The lowest BCUT2D eigenvalue weighted by molar-refractivity contribution is 0.374. The molecule has 1 N–H and O–H groups in total. The van der Waals surface area contributed by atoms with Crippen LogP contribution >= 0.6 is 0 Å². The Balaban J connectivity index is 2.45. The monoisotopic (exact) mass is 242 g/mol. The fourth-order valence-corrected chi connectivity index (χ4v) is 2.10. The van der Waals surface area contributed by atoms with Crippen molar-refractivity contribution in [2.45, 2.75) is 19.8 Å². The first kappa shape index (κ1) is 12.5. The molecule has 0 bridgehead atoms. The van der Waals surface area contributed by atoms with Gasteiger partial charge in [0.1, 0.15) is 0 Å². The van der Waals surface area contributed by atoms with Crippen molar-refractivity contribution in [2.75, 3.05) is 7.11 Å². The van der Waals surface area contributed by atoms with Crippen molar-refractivity contribution in [3.63, 3.8) is 0 Å². The second-order valence-electron chi connectivity index (χ2n) is 4.31. The van der Waals surface area contributed by atoms with Crippen molar-refractivity contribution in [3.05, 3.63) is 48.0 Å². The number of benzene rings is 2. The van der Waals surface area contributed by atoms with Gasteiger partial charge in [0.15, 0.2) is 11.5 Å². The van der Waals surface area contributed by atoms with E-state index in [1.54, 1.807) is 13.2 Å². The van der Waals surface area contributed by atoms with Gasteiger partial charge in [-0.3, -0.25) is 0 Å². The number of methoxy groups -OCH3 is 1. The number of para-hydroxylation sites is 1. The molecular weight excluding hydrogens is 224 g/mol. The maximum atomic E-state index is 10.1. The van der Waals surface area contributed by atoms with Gasteiger partial charge in [-0.1, -0.05) is 49.7 Å². The summed E-state index contributed by atoms with van der Waals surface area (Å²) in [5.41, 5.74) is 3.13. The third-order valence-corrected chi connectivity index (χ3v) is 3.00. The van der Waals surface area contributed by atoms with Gasteiger partial charge in [-0.15, -0.1) is 0 Å². The molecule has 0 aliphatic rings. The van der Waals surface area contributed by atoms with Crippen molar-refractivity contribution < 1.29 is 9.84 Å². The van der Waals surface area contributed by atoms with Gasteiger partial charge in [-0.25, -0.2) is 0 Å². The normalized spacial score (nSPS) is 10.3. The van der Waals surface area contributed by atoms with Gasteiger partial charge in [0.25, 0.3) is 0 Å². The molecule has 0 spiro atoms. The van der Waals surface area contributed by atoms with E-state index in [9.17, 15) is 5.11 Å². The van der Waals surface area contributed by atoms with Crippen LogP contribution in [0.25, 0.3) is 11.1 Å². The summed E-state index contributed by atoms with van der Waals surface area (Å²) in [4.78, 5) is 0. The van der Waals surface area contributed by atoms with Crippen LogP contribution in [0.4, 0.5) is 0 Å². The van der Waals surface area contributed by atoms with Gasteiger partial charge < -0.3 is 9.84 Å². The Bertz CT molecular complexity index is 532. The minimum absolute atomic E-state index is 0.202. The fraction of sp³-hybridized carbons (Fsp3) is 0.250. The molecule has 2 nitrogen and oxygen atoms in total. The molecule has 0 radical (unpaired) electrons. The zero-order valence-corrected chi connectivity index (χ0v) is 10.8. The topological polar surface area (TPSA) is 29.5 Å². The quantitative estimate of drug-likeness (QED) is 0.877. The van der Waals surface area contributed by atoms with Crippen LogP contribution in [-0.4, -0.2) is 12.2 Å². The second kappa shape index (κ2) is 5.58. The summed E-state index contributed by atoms with van der Waals surface area (Å²) in [5, 5.41) is 10.1. The van der Waals surface area contributed by atoms with E-state index in [1.807, 2.05) is 24.3 Å². The van der Waals surface area contributed by atoms with Gasteiger partial charge in [0.05, 0.1) is 7.11 Å². The molecule has 0 fully saturated rings. The Morgan fingerprint density at radius 3 is 2.61 bits per heavy atom. The van der Waals surface area contributed by atoms with E-state index in [0.29, 0.717) is 5.75 Å². The van der Waals surface area contributed by atoms with Gasteiger partial charge in [-0.2, -0.15) is 0 Å².